The molecule has 1 saturated heterocycles. The molecular formula is C21H25ClN4O2. The second-order valence-electron chi connectivity index (χ2n) is 6.96. The number of benzene rings is 1. The van der Waals surface area contributed by atoms with E-state index in [9.17, 15) is 9.59 Å². The highest BCUT2D eigenvalue weighted by Crippen LogP contribution is 2.20. The molecule has 1 aromatic carbocycles. The fraction of sp³-hybridized carbons (Fsp3) is 0.381. The number of hydrogen-bond acceptors (Lipinski definition) is 4. The van der Waals surface area contributed by atoms with Gasteiger partial charge in [0.1, 0.15) is 5.82 Å². The van der Waals surface area contributed by atoms with E-state index in [0.29, 0.717) is 17.4 Å². The number of anilines is 2. The normalized spacial score (nSPS) is 15.2. The Labute approximate surface area is 170 Å². The highest BCUT2D eigenvalue weighted by atomic mass is 35.5. The van der Waals surface area contributed by atoms with Gasteiger partial charge in [0.15, 0.2) is 0 Å². The molecule has 0 aliphatic carbocycles. The van der Waals surface area contributed by atoms with E-state index in [2.05, 4.69) is 27.4 Å². The summed E-state index contributed by atoms with van der Waals surface area (Å²) in [7, 11) is 0. The maximum Gasteiger partial charge on any atom is 0.238 e. The van der Waals surface area contributed by atoms with Crippen molar-refractivity contribution in [2.75, 3.05) is 30.3 Å². The minimum atomic E-state index is -0.0717. The van der Waals surface area contributed by atoms with Crippen molar-refractivity contribution < 1.29 is 9.59 Å². The number of rotatable bonds is 6. The standard InChI is InChI=1S/C21H25ClN4O2/c1-2-15-5-3-4-6-18(15)24-20(27)14-26-11-9-16(10-12-26)21(28)25-19-8-7-17(22)13-23-19/h3-8,13,16H,2,9-12,14H2,1H3,(H,24,27)(H,23,25,28). The van der Waals surface area contributed by atoms with Gasteiger partial charge in [0, 0.05) is 17.8 Å². The molecule has 28 heavy (non-hydrogen) atoms. The van der Waals surface area contributed by atoms with Crippen LogP contribution in [-0.2, 0) is 16.0 Å². The van der Waals surface area contributed by atoms with Crippen molar-refractivity contribution in [2.24, 2.45) is 5.92 Å². The molecule has 0 radical (unpaired) electrons. The van der Waals surface area contributed by atoms with Crippen molar-refractivity contribution >= 4 is 34.9 Å². The first-order valence-electron chi connectivity index (χ1n) is 9.57. The maximum atomic E-state index is 12.4. The zero-order valence-electron chi connectivity index (χ0n) is 16.0. The monoisotopic (exact) mass is 400 g/mol. The first kappa shape index (κ1) is 20.3. The van der Waals surface area contributed by atoms with Crippen molar-refractivity contribution in [2.45, 2.75) is 26.2 Å². The predicted octanol–water partition coefficient (Wildman–Crippen LogP) is 3.59. The van der Waals surface area contributed by atoms with Crippen molar-refractivity contribution in [1.29, 1.82) is 0 Å². The average Bonchev–Trinajstić information content (AvgIpc) is 2.70. The summed E-state index contributed by atoms with van der Waals surface area (Å²) in [5.41, 5.74) is 2.00. The van der Waals surface area contributed by atoms with Crippen LogP contribution in [0.25, 0.3) is 0 Å². The molecule has 2 N–H and O–H groups in total. The van der Waals surface area contributed by atoms with E-state index in [1.54, 1.807) is 12.1 Å². The largest absolute Gasteiger partial charge is 0.325 e. The third kappa shape index (κ3) is 5.53. The quantitative estimate of drug-likeness (QED) is 0.777. The Kier molecular flexibility index (Phi) is 7.01. The molecule has 2 heterocycles. The van der Waals surface area contributed by atoms with Gasteiger partial charge in [-0.05, 0) is 56.1 Å². The number of likely N-dealkylation sites (tertiary alicyclic amines) is 1. The molecule has 0 bridgehead atoms. The van der Waals surface area contributed by atoms with E-state index in [-0.39, 0.29) is 17.7 Å². The van der Waals surface area contributed by atoms with Gasteiger partial charge in [-0.25, -0.2) is 4.98 Å². The highest BCUT2D eigenvalue weighted by molar-refractivity contribution is 6.30. The van der Waals surface area contributed by atoms with E-state index < -0.39 is 0 Å². The maximum absolute atomic E-state index is 12.4. The summed E-state index contributed by atoms with van der Waals surface area (Å²) in [6.07, 6.45) is 3.82. The number of halogens is 1. The number of aromatic nitrogens is 1. The molecule has 148 valence electrons. The molecule has 0 saturated carbocycles. The van der Waals surface area contributed by atoms with Crippen LogP contribution < -0.4 is 10.6 Å². The minimum absolute atomic E-state index is 0.0193. The summed E-state index contributed by atoms with van der Waals surface area (Å²) in [5, 5.41) is 6.37. The van der Waals surface area contributed by atoms with E-state index in [0.717, 1.165) is 43.6 Å². The number of piperidine rings is 1. The lowest BCUT2D eigenvalue weighted by Crippen LogP contribution is -2.41. The van der Waals surface area contributed by atoms with Gasteiger partial charge >= 0.3 is 0 Å². The summed E-state index contributed by atoms with van der Waals surface area (Å²) < 4.78 is 0. The Morgan fingerprint density at radius 1 is 1.14 bits per heavy atom. The van der Waals surface area contributed by atoms with Crippen molar-refractivity contribution in [3.8, 4) is 0 Å². The Morgan fingerprint density at radius 2 is 1.89 bits per heavy atom. The second kappa shape index (κ2) is 9.66. The van der Waals surface area contributed by atoms with Crippen LogP contribution in [0.1, 0.15) is 25.3 Å². The lowest BCUT2D eigenvalue weighted by Gasteiger charge is -2.30. The summed E-state index contributed by atoms with van der Waals surface area (Å²) in [4.78, 5) is 31.0. The molecule has 0 atom stereocenters. The molecule has 1 aliphatic rings. The average molecular weight is 401 g/mol. The summed E-state index contributed by atoms with van der Waals surface area (Å²) in [5.74, 6) is 0.383. The minimum Gasteiger partial charge on any atom is -0.325 e. The molecule has 2 amide bonds. The van der Waals surface area contributed by atoms with Crippen LogP contribution in [0.5, 0.6) is 0 Å². The number of hydrogen-bond donors (Lipinski definition) is 2. The van der Waals surface area contributed by atoms with E-state index in [4.69, 9.17) is 11.6 Å². The van der Waals surface area contributed by atoms with Crippen LogP contribution in [0.15, 0.2) is 42.6 Å². The van der Waals surface area contributed by atoms with Crippen LogP contribution in [0, 0.1) is 5.92 Å². The molecule has 1 aliphatic heterocycles. The number of aryl methyl sites for hydroxylation is 1. The zero-order valence-corrected chi connectivity index (χ0v) is 16.7. The highest BCUT2D eigenvalue weighted by Gasteiger charge is 2.26. The number of amides is 2. The van der Waals surface area contributed by atoms with Crippen molar-refractivity contribution in [3.63, 3.8) is 0 Å². The number of nitrogens with zero attached hydrogens (tertiary/aromatic N) is 2. The summed E-state index contributed by atoms with van der Waals surface area (Å²) >= 11 is 5.81. The third-order valence-electron chi connectivity index (χ3n) is 4.98. The first-order chi connectivity index (χ1) is 13.5. The number of pyridine rings is 1. The van der Waals surface area contributed by atoms with Gasteiger partial charge in [-0.3, -0.25) is 14.5 Å². The Hall–Kier alpha value is -2.44. The van der Waals surface area contributed by atoms with Crippen LogP contribution in [0.4, 0.5) is 11.5 Å². The third-order valence-corrected chi connectivity index (χ3v) is 5.20. The van der Waals surface area contributed by atoms with Gasteiger partial charge in [0.25, 0.3) is 0 Å². The predicted molar refractivity (Wildman–Crippen MR) is 111 cm³/mol. The lowest BCUT2D eigenvalue weighted by atomic mass is 9.96. The van der Waals surface area contributed by atoms with Crippen LogP contribution in [-0.4, -0.2) is 41.3 Å². The number of carbonyl (C=O) groups excluding carboxylic acids is 2. The number of carbonyl (C=O) groups is 2. The fourth-order valence-corrected chi connectivity index (χ4v) is 3.49. The van der Waals surface area contributed by atoms with E-state index in [1.165, 1.54) is 6.20 Å². The van der Waals surface area contributed by atoms with E-state index in [1.807, 2.05) is 24.3 Å². The molecule has 1 fully saturated rings. The van der Waals surface area contributed by atoms with Gasteiger partial charge in [0.05, 0.1) is 11.6 Å². The first-order valence-corrected chi connectivity index (χ1v) is 9.95. The molecule has 0 unspecified atom stereocenters. The second-order valence-corrected chi connectivity index (χ2v) is 7.40. The molecule has 7 heteroatoms. The van der Waals surface area contributed by atoms with Gasteiger partial charge in [0.2, 0.25) is 11.8 Å². The molecule has 3 rings (SSSR count). The van der Waals surface area contributed by atoms with E-state index >= 15 is 0 Å². The van der Waals surface area contributed by atoms with Crippen LogP contribution in [0.3, 0.4) is 0 Å². The zero-order chi connectivity index (χ0) is 19.9. The topological polar surface area (TPSA) is 74.3 Å². The smallest absolute Gasteiger partial charge is 0.238 e. The van der Waals surface area contributed by atoms with Gasteiger partial charge in [-0.1, -0.05) is 36.7 Å². The van der Waals surface area contributed by atoms with Crippen molar-refractivity contribution in [1.82, 2.24) is 9.88 Å². The molecule has 0 spiro atoms. The molecule has 1 aromatic heterocycles. The van der Waals surface area contributed by atoms with Crippen molar-refractivity contribution in [3.05, 3.63) is 53.2 Å². The lowest BCUT2D eigenvalue weighted by molar-refractivity contribution is -0.121. The Balaban J connectivity index is 1.45. The molecule has 6 nitrogen and oxygen atoms in total. The molecule has 2 aromatic rings. The Bertz CT molecular complexity index is 817. The van der Waals surface area contributed by atoms with Gasteiger partial charge in [-0.2, -0.15) is 0 Å². The number of para-hydroxylation sites is 1. The summed E-state index contributed by atoms with van der Waals surface area (Å²) in [6.45, 7) is 3.84. The summed E-state index contributed by atoms with van der Waals surface area (Å²) in [6, 6.07) is 11.2. The van der Waals surface area contributed by atoms with Crippen LogP contribution in [0.2, 0.25) is 5.02 Å². The fourth-order valence-electron chi connectivity index (χ4n) is 3.37. The Morgan fingerprint density at radius 3 is 2.57 bits per heavy atom. The van der Waals surface area contributed by atoms with Gasteiger partial charge < -0.3 is 10.6 Å². The van der Waals surface area contributed by atoms with Gasteiger partial charge in [-0.15, -0.1) is 0 Å². The number of nitrogens with one attached hydrogen (secondary N) is 2. The SMILES string of the molecule is CCc1ccccc1NC(=O)CN1CCC(C(=O)Nc2ccc(Cl)cn2)CC1. The van der Waals surface area contributed by atoms with Crippen LogP contribution >= 0.6 is 11.6 Å². The molecular weight excluding hydrogens is 376 g/mol.